The van der Waals surface area contributed by atoms with Crippen molar-refractivity contribution in [3.05, 3.63) is 90.1 Å². The second-order valence-corrected chi connectivity index (χ2v) is 7.46. The van der Waals surface area contributed by atoms with Crippen LogP contribution in [0.15, 0.2) is 77.4 Å². The molecule has 0 saturated carbocycles. The van der Waals surface area contributed by atoms with Gasteiger partial charge in [0.05, 0.1) is 12.0 Å². The van der Waals surface area contributed by atoms with E-state index in [0.29, 0.717) is 38.3 Å². The van der Waals surface area contributed by atoms with Crippen molar-refractivity contribution in [1.82, 2.24) is 10.2 Å². The van der Waals surface area contributed by atoms with E-state index in [1.807, 2.05) is 35.2 Å². The molecule has 2 heterocycles. The van der Waals surface area contributed by atoms with Crippen LogP contribution in [-0.4, -0.2) is 48.9 Å². The van der Waals surface area contributed by atoms with Gasteiger partial charge < -0.3 is 19.5 Å². The highest BCUT2D eigenvalue weighted by molar-refractivity contribution is 5.95. The van der Waals surface area contributed by atoms with Gasteiger partial charge in [-0.2, -0.15) is 0 Å². The number of hydrogen-bond acceptors (Lipinski definition) is 4. The van der Waals surface area contributed by atoms with Gasteiger partial charge in [-0.05, 0) is 29.8 Å². The number of halogens is 1. The van der Waals surface area contributed by atoms with Crippen molar-refractivity contribution < 1.29 is 18.4 Å². The van der Waals surface area contributed by atoms with E-state index in [0.717, 1.165) is 5.56 Å². The van der Waals surface area contributed by atoms with E-state index >= 15 is 0 Å². The van der Waals surface area contributed by atoms with Crippen LogP contribution in [0.4, 0.5) is 10.1 Å². The minimum atomic E-state index is -0.722. The standard InChI is InChI=1S/C24H24FN3O3/c25-19-9-4-5-10-21(19)27-12-14-28(15-13-27)24(30)20(17-18-7-2-1-3-8-18)26-23(29)22-11-6-16-31-22/h1-11,16,20H,12-15,17H2,(H,26,29). The largest absolute Gasteiger partial charge is 0.459 e. The second-order valence-electron chi connectivity index (χ2n) is 7.46. The SMILES string of the molecule is O=C(NC(Cc1ccccc1)C(=O)N1CCN(c2ccccc2F)CC1)c1ccco1. The summed E-state index contributed by atoms with van der Waals surface area (Å²) in [6.45, 7) is 1.96. The Morgan fingerprint density at radius 2 is 1.65 bits per heavy atom. The van der Waals surface area contributed by atoms with E-state index in [-0.39, 0.29) is 17.5 Å². The minimum absolute atomic E-state index is 0.156. The summed E-state index contributed by atoms with van der Waals surface area (Å²) in [4.78, 5) is 29.5. The van der Waals surface area contributed by atoms with Gasteiger partial charge in [-0.1, -0.05) is 42.5 Å². The van der Waals surface area contributed by atoms with Crippen molar-refractivity contribution in [3.63, 3.8) is 0 Å². The molecule has 0 aliphatic carbocycles. The van der Waals surface area contributed by atoms with Gasteiger partial charge in [0.15, 0.2) is 5.76 Å². The van der Waals surface area contributed by atoms with E-state index in [9.17, 15) is 14.0 Å². The van der Waals surface area contributed by atoms with Gasteiger partial charge in [0.1, 0.15) is 11.9 Å². The molecule has 1 unspecified atom stereocenters. The lowest BCUT2D eigenvalue weighted by atomic mass is 10.0. The van der Waals surface area contributed by atoms with Gasteiger partial charge >= 0.3 is 0 Å². The molecule has 6 nitrogen and oxygen atoms in total. The van der Waals surface area contributed by atoms with Crippen molar-refractivity contribution in [3.8, 4) is 0 Å². The molecular weight excluding hydrogens is 397 g/mol. The van der Waals surface area contributed by atoms with Crippen molar-refractivity contribution in [1.29, 1.82) is 0 Å². The number of rotatable bonds is 6. The van der Waals surface area contributed by atoms with Crippen LogP contribution in [0.2, 0.25) is 0 Å². The highest BCUT2D eigenvalue weighted by Crippen LogP contribution is 2.20. The predicted molar refractivity (Wildman–Crippen MR) is 115 cm³/mol. The number of nitrogens with one attached hydrogen (secondary N) is 1. The first kappa shape index (κ1) is 20.7. The van der Waals surface area contributed by atoms with Crippen molar-refractivity contribution in [2.75, 3.05) is 31.1 Å². The maximum absolute atomic E-state index is 14.1. The molecule has 4 rings (SSSR count). The molecule has 1 N–H and O–H groups in total. The number of benzene rings is 2. The first-order valence-electron chi connectivity index (χ1n) is 10.3. The molecule has 1 saturated heterocycles. The maximum atomic E-state index is 14.1. The number of hydrogen-bond donors (Lipinski definition) is 1. The fraction of sp³-hybridized carbons (Fsp3) is 0.250. The molecule has 31 heavy (non-hydrogen) atoms. The van der Waals surface area contributed by atoms with Crippen LogP contribution >= 0.6 is 0 Å². The average molecular weight is 421 g/mol. The fourth-order valence-electron chi connectivity index (χ4n) is 3.78. The van der Waals surface area contributed by atoms with Gasteiger partial charge in [0, 0.05) is 32.6 Å². The lowest BCUT2D eigenvalue weighted by Crippen LogP contribution is -2.55. The highest BCUT2D eigenvalue weighted by atomic mass is 19.1. The first-order chi connectivity index (χ1) is 15.1. The summed E-state index contributed by atoms with van der Waals surface area (Å²) in [6.07, 6.45) is 1.80. The van der Waals surface area contributed by atoms with Crippen molar-refractivity contribution in [2.45, 2.75) is 12.5 Å². The monoisotopic (exact) mass is 421 g/mol. The Morgan fingerprint density at radius 3 is 2.32 bits per heavy atom. The molecule has 1 fully saturated rings. The number of carbonyl (C=O) groups excluding carboxylic acids is 2. The minimum Gasteiger partial charge on any atom is -0.459 e. The Labute approximate surface area is 180 Å². The van der Waals surface area contributed by atoms with Crippen LogP contribution in [0.5, 0.6) is 0 Å². The smallest absolute Gasteiger partial charge is 0.287 e. The van der Waals surface area contributed by atoms with E-state index in [2.05, 4.69) is 5.32 Å². The molecule has 3 aromatic rings. The molecule has 2 aromatic carbocycles. The quantitative estimate of drug-likeness (QED) is 0.664. The lowest BCUT2D eigenvalue weighted by molar-refractivity contribution is -0.133. The molecule has 1 atom stereocenters. The number of carbonyl (C=O) groups is 2. The van der Waals surface area contributed by atoms with Gasteiger partial charge in [-0.3, -0.25) is 9.59 Å². The van der Waals surface area contributed by atoms with Gasteiger partial charge in [0.2, 0.25) is 5.91 Å². The van der Waals surface area contributed by atoms with Gasteiger partial charge in [-0.25, -0.2) is 4.39 Å². The Kier molecular flexibility index (Phi) is 6.31. The summed E-state index contributed by atoms with van der Waals surface area (Å²) < 4.78 is 19.3. The highest BCUT2D eigenvalue weighted by Gasteiger charge is 2.30. The summed E-state index contributed by atoms with van der Waals surface area (Å²) in [5, 5.41) is 2.82. The zero-order chi connectivity index (χ0) is 21.6. The summed E-state index contributed by atoms with van der Waals surface area (Å²) in [7, 11) is 0. The second kappa shape index (κ2) is 9.47. The third-order valence-electron chi connectivity index (χ3n) is 5.42. The third kappa shape index (κ3) is 4.94. The van der Waals surface area contributed by atoms with Crippen LogP contribution in [0.3, 0.4) is 0 Å². The number of nitrogens with zero attached hydrogens (tertiary/aromatic N) is 2. The van der Waals surface area contributed by atoms with E-state index in [1.54, 1.807) is 35.2 Å². The topological polar surface area (TPSA) is 65.8 Å². The Hall–Kier alpha value is -3.61. The Bertz CT molecular complexity index is 1020. The Balaban J connectivity index is 1.45. The molecule has 0 radical (unpaired) electrons. The third-order valence-corrected chi connectivity index (χ3v) is 5.42. The molecule has 0 spiro atoms. The molecule has 160 valence electrons. The van der Waals surface area contributed by atoms with Crippen LogP contribution in [-0.2, 0) is 11.2 Å². The summed E-state index contributed by atoms with van der Waals surface area (Å²) in [5.41, 5.74) is 1.49. The predicted octanol–water partition coefficient (Wildman–Crippen LogP) is 3.11. The zero-order valence-electron chi connectivity index (χ0n) is 17.0. The number of piperazine rings is 1. The molecule has 2 amide bonds. The fourth-order valence-corrected chi connectivity index (χ4v) is 3.78. The number of anilines is 1. The van der Waals surface area contributed by atoms with Crippen LogP contribution in [0.1, 0.15) is 16.1 Å². The first-order valence-corrected chi connectivity index (χ1v) is 10.3. The summed E-state index contributed by atoms with van der Waals surface area (Å²) in [6, 6.07) is 18.7. The molecule has 7 heteroatoms. The average Bonchev–Trinajstić information content (AvgIpc) is 3.35. The van der Waals surface area contributed by atoms with Gasteiger partial charge in [-0.15, -0.1) is 0 Å². The number of amides is 2. The number of para-hydroxylation sites is 1. The van der Waals surface area contributed by atoms with E-state index < -0.39 is 11.9 Å². The molecular formula is C24H24FN3O3. The van der Waals surface area contributed by atoms with E-state index in [4.69, 9.17) is 4.42 Å². The van der Waals surface area contributed by atoms with Crippen LogP contribution in [0.25, 0.3) is 0 Å². The summed E-state index contributed by atoms with van der Waals surface area (Å²) in [5.74, 6) is -0.689. The van der Waals surface area contributed by atoms with Crippen molar-refractivity contribution in [2.24, 2.45) is 0 Å². The molecule has 1 aromatic heterocycles. The normalized spacial score (nSPS) is 14.9. The molecule has 1 aliphatic heterocycles. The van der Waals surface area contributed by atoms with Crippen LogP contribution in [0, 0.1) is 5.82 Å². The van der Waals surface area contributed by atoms with Gasteiger partial charge in [0.25, 0.3) is 5.91 Å². The molecule has 0 bridgehead atoms. The van der Waals surface area contributed by atoms with Crippen molar-refractivity contribution >= 4 is 17.5 Å². The number of furan rings is 1. The van der Waals surface area contributed by atoms with Crippen LogP contribution < -0.4 is 10.2 Å². The zero-order valence-corrected chi connectivity index (χ0v) is 17.0. The Morgan fingerprint density at radius 1 is 0.935 bits per heavy atom. The molecule has 1 aliphatic rings. The summed E-state index contributed by atoms with van der Waals surface area (Å²) >= 11 is 0. The maximum Gasteiger partial charge on any atom is 0.287 e. The lowest BCUT2D eigenvalue weighted by Gasteiger charge is -2.37. The van der Waals surface area contributed by atoms with E-state index in [1.165, 1.54) is 12.3 Å².